The van der Waals surface area contributed by atoms with Crippen LogP contribution in [0.1, 0.15) is 11.1 Å². The van der Waals surface area contributed by atoms with E-state index in [4.69, 9.17) is 21.7 Å². The molecule has 0 saturated carbocycles. The highest BCUT2D eigenvalue weighted by molar-refractivity contribution is 8.26. The van der Waals surface area contributed by atoms with E-state index in [1.807, 2.05) is 72.8 Å². The van der Waals surface area contributed by atoms with Crippen LogP contribution in [-0.4, -0.2) is 33.4 Å². The van der Waals surface area contributed by atoms with Gasteiger partial charge >= 0.3 is 0 Å². The number of ether oxygens (including phenoxy) is 2. The SMILES string of the molecule is COc1ccccc1OCCn1cc(C=C2SC(=S)N(Cc3ccccc3)C2=O)c2ccccc21. The fraction of sp³-hybridized carbons (Fsp3) is 0.143. The maximum Gasteiger partial charge on any atom is 0.266 e. The van der Waals surface area contributed by atoms with Gasteiger partial charge in [0.1, 0.15) is 10.9 Å². The van der Waals surface area contributed by atoms with E-state index in [2.05, 4.69) is 22.9 Å². The molecule has 35 heavy (non-hydrogen) atoms. The largest absolute Gasteiger partial charge is 0.493 e. The molecule has 0 aliphatic carbocycles. The lowest BCUT2D eigenvalue weighted by Gasteiger charge is -2.14. The molecule has 0 unspecified atom stereocenters. The summed E-state index contributed by atoms with van der Waals surface area (Å²) in [5, 5.41) is 1.08. The minimum atomic E-state index is -0.0554. The Bertz CT molecular complexity index is 1410. The van der Waals surface area contributed by atoms with E-state index in [-0.39, 0.29) is 5.91 Å². The minimum Gasteiger partial charge on any atom is -0.493 e. The van der Waals surface area contributed by atoms with Gasteiger partial charge in [-0.2, -0.15) is 0 Å². The van der Waals surface area contributed by atoms with E-state index in [1.54, 1.807) is 12.0 Å². The predicted molar refractivity (Wildman–Crippen MR) is 146 cm³/mol. The summed E-state index contributed by atoms with van der Waals surface area (Å²) in [6, 6.07) is 25.7. The number of aromatic nitrogens is 1. The van der Waals surface area contributed by atoms with Gasteiger partial charge in [0.05, 0.1) is 25.1 Å². The van der Waals surface area contributed by atoms with Crippen molar-refractivity contribution in [1.82, 2.24) is 9.47 Å². The molecule has 1 fully saturated rings. The summed E-state index contributed by atoms with van der Waals surface area (Å²) in [6.07, 6.45) is 4.02. The van der Waals surface area contributed by atoms with Gasteiger partial charge in [-0.05, 0) is 29.8 Å². The number of fused-ring (bicyclic) bond motifs is 1. The van der Waals surface area contributed by atoms with E-state index in [9.17, 15) is 4.79 Å². The van der Waals surface area contributed by atoms with Gasteiger partial charge in [0, 0.05) is 22.7 Å². The fourth-order valence-electron chi connectivity index (χ4n) is 4.11. The zero-order valence-corrected chi connectivity index (χ0v) is 20.9. The van der Waals surface area contributed by atoms with Crippen LogP contribution in [0.5, 0.6) is 11.5 Å². The molecule has 0 N–H and O–H groups in total. The van der Waals surface area contributed by atoms with Crippen molar-refractivity contribution < 1.29 is 14.3 Å². The second kappa shape index (κ2) is 10.4. The molecule has 5 rings (SSSR count). The van der Waals surface area contributed by atoms with Crippen molar-refractivity contribution in [3.63, 3.8) is 0 Å². The molecule has 1 aliphatic heterocycles. The second-order valence-electron chi connectivity index (χ2n) is 8.05. The van der Waals surface area contributed by atoms with Crippen molar-refractivity contribution in [3.8, 4) is 11.5 Å². The molecule has 1 aliphatic rings. The van der Waals surface area contributed by atoms with Crippen LogP contribution in [0.25, 0.3) is 17.0 Å². The lowest BCUT2D eigenvalue weighted by Crippen LogP contribution is -2.27. The summed E-state index contributed by atoms with van der Waals surface area (Å²) in [5.74, 6) is 1.37. The van der Waals surface area contributed by atoms with Gasteiger partial charge in [0.25, 0.3) is 5.91 Å². The Morgan fingerprint density at radius 1 is 0.943 bits per heavy atom. The van der Waals surface area contributed by atoms with Gasteiger partial charge in [-0.15, -0.1) is 0 Å². The molecule has 0 bridgehead atoms. The molecule has 0 radical (unpaired) electrons. The summed E-state index contributed by atoms with van der Waals surface area (Å²) < 4.78 is 14.1. The Hall–Kier alpha value is -3.55. The number of thioether (sulfide) groups is 1. The van der Waals surface area contributed by atoms with Crippen molar-refractivity contribution in [2.24, 2.45) is 0 Å². The molecule has 0 spiro atoms. The topological polar surface area (TPSA) is 43.7 Å². The lowest BCUT2D eigenvalue weighted by molar-refractivity contribution is -0.122. The molecule has 1 amide bonds. The standard InChI is InChI=1S/C28H24N2O3S2/c1-32-24-13-7-8-14-25(24)33-16-15-29-19-21(22-11-5-6-12-23(22)29)17-26-27(31)30(28(34)35-26)18-20-9-3-2-4-10-20/h2-14,17,19H,15-16,18H2,1H3. The smallest absolute Gasteiger partial charge is 0.266 e. The average Bonchev–Trinajstić information content (AvgIpc) is 3.37. The number of hydrogen-bond donors (Lipinski definition) is 0. The van der Waals surface area contributed by atoms with E-state index in [1.165, 1.54) is 11.8 Å². The summed E-state index contributed by atoms with van der Waals surface area (Å²) in [4.78, 5) is 15.5. The molecule has 1 saturated heterocycles. The van der Waals surface area contributed by atoms with Gasteiger partial charge in [0.2, 0.25) is 0 Å². The monoisotopic (exact) mass is 500 g/mol. The number of hydrogen-bond acceptors (Lipinski definition) is 5. The summed E-state index contributed by atoms with van der Waals surface area (Å²) in [7, 11) is 1.64. The van der Waals surface area contributed by atoms with Gasteiger partial charge < -0.3 is 14.0 Å². The van der Waals surface area contributed by atoms with E-state index in [0.717, 1.165) is 22.0 Å². The van der Waals surface area contributed by atoms with Crippen LogP contribution in [0, 0.1) is 0 Å². The first kappa shape index (κ1) is 23.2. The Balaban J connectivity index is 1.36. The molecule has 5 nitrogen and oxygen atoms in total. The maximum atomic E-state index is 13.2. The predicted octanol–water partition coefficient (Wildman–Crippen LogP) is 6.13. The number of carbonyl (C=O) groups excluding carboxylic acids is 1. The number of thiocarbonyl (C=S) groups is 1. The van der Waals surface area contributed by atoms with Crippen LogP contribution in [0.2, 0.25) is 0 Å². The zero-order chi connectivity index (χ0) is 24.2. The molecule has 176 valence electrons. The number of nitrogens with zero attached hydrogens (tertiary/aromatic N) is 2. The number of methoxy groups -OCH3 is 1. The second-order valence-corrected chi connectivity index (χ2v) is 9.72. The van der Waals surface area contributed by atoms with Crippen LogP contribution < -0.4 is 9.47 Å². The minimum absolute atomic E-state index is 0.0554. The van der Waals surface area contributed by atoms with Crippen molar-refractivity contribution in [2.45, 2.75) is 13.1 Å². The van der Waals surface area contributed by atoms with Gasteiger partial charge in [-0.1, -0.05) is 84.6 Å². The van der Waals surface area contributed by atoms with Crippen LogP contribution in [-0.2, 0) is 17.9 Å². The van der Waals surface area contributed by atoms with Gasteiger partial charge in [-0.3, -0.25) is 9.69 Å². The van der Waals surface area contributed by atoms with Crippen molar-refractivity contribution >= 4 is 51.2 Å². The highest BCUT2D eigenvalue weighted by atomic mass is 32.2. The third kappa shape index (κ3) is 4.97. The van der Waals surface area contributed by atoms with Crippen molar-refractivity contribution in [2.75, 3.05) is 13.7 Å². The molecular formula is C28H24N2O3S2. The number of carbonyl (C=O) groups is 1. The lowest BCUT2D eigenvalue weighted by atomic mass is 10.1. The quantitative estimate of drug-likeness (QED) is 0.215. The first-order valence-corrected chi connectivity index (χ1v) is 12.5. The Morgan fingerprint density at radius 2 is 1.66 bits per heavy atom. The van der Waals surface area contributed by atoms with E-state index < -0.39 is 0 Å². The molecular weight excluding hydrogens is 476 g/mol. The number of para-hydroxylation sites is 3. The van der Waals surface area contributed by atoms with Gasteiger partial charge in [0.15, 0.2) is 11.5 Å². The molecule has 1 aromatic heterocycles. The van der Waals surface area contributed by atoms with Crippen LogP contribution in [0.4, 0.5) is 0 Å². The maximum absolute atomic E-state index is 13.2. The van der Waals surface area contributed by atoms with E-state index >= 15 is 0 Å². The van der Waals surface area contributed by atoms with Crippen molar-refractivity contribution in [1.29, 1.82) is 0 Å². The Morgan fingerprint density at radius 3 is 2.46 bits per heavy atom. The fourth-order valence-corrected chi connectivity index (χ4v) is 5.36. The Kier molecular flexibility index (Phi) is 6.88. The van der Waals surface area contributed by atoms with Crippen LogP contribution in [0.3, 0.4) is 0 Å². The van der Waals surface area contributed by atoms with Crippen molar-refractivity contribution in [3.05, 3.63) is 101 Å². The number of benzene rings is 3. The van der Waals surface area contributed by atoms with Crippen LogP contribution in [0.15, 0.2) is 90.0 Å². The number of rotatable bonds is 8. The highest BCUT2D eigenvalue weighted by Gasteiger charge is 2.32. The average molecular weight is 501 g/mol. The summed E-state index contributed by atoms with van der Waals surface area (Å²) in [6.45, 7) is 1.62. The van der Waals surface area contributed by atoms with Crippen LogP contribution >= 0.6 is 24.0 Å². The van der Waals surface area contributed by atoms with Gasteiger partial charge in [-0.25, -0.2) is 0 Å². The third-order valence-corrected chi connectivity index (χ3v) is 7.20. The normalized spacial score (nSPS) is 14.8. The molecule has 2 heterocycles. The zero-order valence-electron chi connectivity index (χ0n) is 19.2. The third-order valence-electron chi connectivity index (χ3n) is 5.82. The summed E-state index contributed by atoms with van der Waals surface area (Å²) >= 11 is 6.88. The first-order chi connectivity index (χ1) is 17.1. The Labute approximate surface area is 214 Å². The van der Waals surface area contributed by atoms with E-state index in [0.29, 0.717) is 40.4 Å². The first-order valence-electron chi connectivity index (χ1n) is 11.3. The highest BCUT2D eigenvalue weighted by Crippen LogP contribution is 2.35. The summed E-state index contributed by atoms with van der Waals surface area (Å²) in [5.41, 5.74) is 3.12. The molecule has 3 aromatic carbocycles. The molecule has 0 atom stereocenters. The molecule has 7 heteroatoms. The molecule has 4 aromatic rings. The number of amides is 1.